The maximum Gasteiger partial charge on any atom is 0.324 e. The molecule has 4 heteroatoms. The average Bonchev–Trinajstić information content (AvgIpc) is 2.46. The summed E-state index contributed by atoms with van der Waals surface area (Å²) in [7, 11) is 0. The molecule has 0 aromatic rings. The zero-order chi connectivity index (χ0) is 12.6. The van der Waals surface area contributed by atoms with E-state index in [1.54, 1.807) is 11.8 Å². The van der Waals surface area contributed by atoms with Crippen LogP contribution < -0.4 is 5.32 Å². The Balaban J connectivity index is 2.51. The third-order valence-corrected chi connectivity index (χ3v) is 3.96. The number of rotatable bonds is 1. The fourth-order valence-corrected chi connectivity index (χ4v) is 2.86. The van der Waals surface area contributed by atoms with Crippen molar-refractivity contribution in [2.24, 2.45) is 5.41 Å². The third kappa shape index (κ3) is 3.98. The lowest BCUT2D eigenvalue weighted by atomic mass is 9.96. The minimum atomic E-state index is -0.400. The minimum Gasteiger partial charge on any atom is -0.459 e. The SMILES string of the molecule is CC(C)(C)OC(=O)[C@@H]1CSC(C(C)(C)C)N1. The molecule has 1 heterocycles. The molecule has 0 bridgehead atoms. The lowest BCUT2D eigenvalue weighted by Gasteiger charge is -2.27. The van der Waals surface area contributed by atoms with Crippen molar-refractivity contribution in [3.63, 3.8) is 0 Å². The Bertz CT molecular complexity index is 265. The van der Waals surface area contributed by atoms with Gasteiger partial charge in [-0.15, -0.1) is 11.8 Å². The van der Waals surface area contributed by atoms with Crippen molar-refractivity contribution in [3.05, 3.63) is 0 Å². The molecule has 0 aromatic heterocycles. The minimum absolute atomic E-state index is 0.133. The highest BCUT2D eigenvalue weighted by atomic mass is 32.2. The standard InChI is InChI=1S/C12H23NO2S/c1-11(2,3)10-13-8(7-16-10)9(14)15-12(4,5)6/h8,10,13H,7H2,1-6H3/t8-,10?/m0/s1. The summed E-state index contributed by atoms with van der Waals surface area (Å²) < 4.78 is 5.37. The molecule has 0 amide bonds. The van der Waals surface area contributed by atoms with E-state index in [0.717, 1.165) is 5.75 Å². The van der Waals surface area contributed by atoms with E-state index in [4.69, 9.17) is 4.74 Å². The lowest BCUT2D eigenvalue weighted by molar-refractivity contribution is -0.156. The molecule has 1 aliphatic heterocycles. The quantitative estimate of drug-likeness (QED) is 0.720. The van der Waals surface area contributed by atoms with Gasteiger partial charge in [0.05, 0.1) is 5.37 Å². The summed E-state index contributed by atoms with van der Waals surface area (Å²) in [4.78, 5) is 11.8. The van der Waals surface area contributed by atoms with Crippen LogP contribution in [0.2, 0.25) is 0 Å². The molecule has 1 N–H and O–H groups in total. The molecule has 1 aliphatic rings. The Kier molecular flexibility index (Phi) is 3.95. The van der Waals surface area contributed by atoms with Crippen LogP contribution in [0.5, 0.6) is 0 Å². The van der Waals surface area contributed by atoms with Gasteiger partial charge in [0.15, 0.2) is 0 Å². The summed E-state index contributed by atoms with van der Waals surface area (Å²) in [6.07, 6.45) is 0. The number of thioether (sulfide) groups is 1. The van der Waals surface area contributed by atoms with E-state index in [-0.39, 0.29) is 17.4 Å². The molecule has 1 unspecified atom stereocenters. The normalized spacial score (nSPS) is 26.9. The average molecular weight is 245 g/mol. The van der Waals surface area contributed by atoms with E-state index < -0.39 is 5.60 Å². The van der Waals surface area contributed by atoms with Crippen LogP contribution in [-0.4, -0.2) is 28.7 Å². The van der Waals surface area contributed by atoms with Crippen LogP contribution in [0.3, 0.4) is 0 Å². The summed E-state index contributed by atoms with van der Waals surface area (Å²) in [6.45, 7) is 12.2. The van der Waals surface area contributed by atoms with Crippen LogP contribution in [0, 0.1) is 5.41 Å². The highest BCUT2D eigenvalue weighted by Gasteiger charge is 2.37. The second-order valence-electron chi connectivity index (χ2n) is 6.33. The van der Waals surface area contributed by atoms with Gasteiger partial charge in [-0.05, 0) is 26.2 Å². The summed E-state index contributed by atoms with van der Waals surface area (Å²) in [6, 6.07) is -0.159. The van der Waals surface area contributed by atoms with Gasteiger partial charge in [0.2, 0.25) is 0 Å². The highest BCUT2D eigenvalue weighted by Crippen LogP contribution is 2.33. The molecule has 2 atom stereocenters. The van der Waals surface area contributed by atoms with Gasteiger partial charge in [-0.2, -0.15) is 0 Å². The predicted molar refractivity (Wildman–Crippen MR) is 68.5 cm³/mol. The number of carbonyl (C=O) groups is 1. The van der Waals surface area contributed by atoms with Crippen LogP contribution >= 0.6 is 11.8 Å². The number of carbonyl (C=O) groups excluding carboxylic acids is 1. The molecule has 1 saturated heterocycles. The van der Waals surface area contributed by atoms with Crippen LogP contribution in [-0.2, 0) is 9.53 Å². The maximum atomic E-state index is 11.8. The van der Waals surface area contributed by atoms with Crippen LogP contribution in [0.4, 0.5) is 0 Å². The molecule has 0 saturated carbocycles. The molecule has 3 nitrogen and oxygen atoms in total. The lowest BCUT2D eigenvalue weighted by Crippen LogP contribution is -2.44. The van der Waals surface area contributed by atoms with E-state index >= 15 is 0 Å². The first-order valence-corrected chi connectivity index (χ1v) is 6.75. The van der Waals surface area contributed by atoms with Crippen molar-refractivity contribution in [1.29, 1.82) is 0 Å². The van der Waals surface area contributed by atoms with Crippen molar-refractivity contribution >= 4 is 17.7 Å². The zero-order valence-electron chi connectivity index (χ0n) is 11.1. The van der Waals surface area contributed by atoms with Crippen LogP contribution in [0.1, 0.15) is 41.5 Å². The molecule has 0 aromatic carbocycles. The molecule has 0 spiro atoms. The van der Waals surface area contributed by atoms with E-state index in [2.05, 4.69) is 26.1 Å². The second-order valence-corrected chi connectivity index (χ2v) is 7.47. The molecule has 1 rings (SSSR count). The van der Waals surface area contributed by atoms with Gasteiger partial charge < -0.3 is 4.74 Å². The third-order valence-electron chi connectivity index (χ3n) is 2.26. The van der Waals surface area contributed by atoms with Gasteiger partial charge >= 0.3 is 5.97 Å². The van der Waals surface area contributed by atoms with E-state index in [0.29, 0.717) is 5.37 Å². The molecule has 0 radical (unpaired) electrons. The molecule has 16 heavy (non-hydrogen) atoms. The van der Waals surface area contributed by atoms with E-state index in [1.165, 1.54) is 0 Å². The first-order chi connectivity index (χ1) is 7.09. The Morgan fingerprint density at radius 1 is 1.25 bits per heavy atom. The number of esters is 1. The molecular formula is C12H23NO2S. The molecule has 0 aliphatic carbocycles. The Labute approximate surface area is 103 Å². The second kappa shape index (κ2) is 4.57. The smallest absolute Gasteiger partial charge is 0.324 e. The largest absolute Gasteiger partial charge is 0.459 e. The van der Waals surface area contributed by atoms with Crippen molar-refractivity contribution in [1.82, 2.24) is 5.32 Å². The van der Waals surface area contributed by atoms with Crippen LogP contribution in [0.25, 0.3) is 0 Å². The Hall–Kier alpha value is -0.220. The van der Waals surface area contributed by atoms with Gasteiger partial charge in [-0.3, -0.25) is 10.1 Å². The molecule has 1 fully saturated rings. The predicted octanol–water partition coefficient (Wildman–Crippen LogP) is 2.41. The van der Waals surface area contributed by atoms with Gasteiger partial charge in [-0.1, -0.05) is 20.8 Å². The summed E-state index contributed by atoms with van der Waals surface area (Å²) in [5.41, 5.74) is -0.231. The Morgan fingerprint density at radius 3 is 2.19 bits per heavy atom. The maximum absolute atomic E-state index is 11.8. The summed E-state index contributed by atoms with van der Waals surface area (Å²) >= 11 is 1.80. The zero-order valence-corrected chi connectivity index (χ0v) is 11.9. The van der Waals surface area contributed by atoms with Gasteiger partial charge in [0.25, 0.3) is 0 Å². The topological polar surface area (TPSA) is 38.3 Å². The van der Waals surface area contributed by atoms with Crippen molar-refractivity contribution in [2.75, 3.05) is 5.75 Å². The van der Waals surface area contributed by atoms with Crippen LogP contribution in [0.15, 0.2) is 0 Å². The monoisotopic (exact) mass is 245 g/mol. The van der Waals surface area contributed by atoms with Crippen molar-refractivity contribution < 1.29 is 9.53 Å². The number of hydrogen-bond donors (Lipinski definition) is 1. The van der Waals surface area contributed by atoms with Gasteiger partial charge in [-0.25, -0.2) is 0 Å². The molecule has 94 valence electrons. The first-order valence-electron chi connectivity index (χ1n) is 5.70. The number of hydrogen-bond acceptors (Lipinski definition) is 4. The summed E-state index contributed by atoms with van der Waals surface area (Å²) in [5, 5.41) is 3.67. The van der Waals surface area contributed by atoms with Gasteiger partial charge in [0.1, 0.15) is 11.6 Å². The van der Waals surface area contributed by atoms with E-state index in [1.807, 2.05) is 20.8 Å². The molecular weight excluding hydrogens is 222 g/mol. The first kappa shape index (κ1) is 13.8. The number of nitrogens with one attached hydrogen (secondary N) is 1. The van der Waals surface area contributed by atoms with Crippen molar-refractivity contribution in [2.45, 2.75) is 58.6 Å². The fraction of sp³-hybridized carbons (Fsp3) is 0.917. The number of ether oxygens (including phenoxy) is 1. The highest BCUT2D eigenvalue weighted by molar-refractivity contribution is 8.00. The Morgan fingerprint density at radius 2 is 1.81 bits per heavy atom. The van der Waals surface area contributed by atoms with E-state index in [9.17, 15) is 4.79 Å². The van der Waals surface area contributed by atoms with Crippen molar-refractivity contribution in [3.8, 4) is 0 Å². The van der Waals surface area contributed by atoms with Gasteiger partial charge in [0, 0.05) is 5.75 Å². The summed E-state index contributed by atoms with van der Waals surface area (Å²) in [5.74, 6) is 0.670. The fourth-order valence-electron chi connectivity index (χ4n) is 1.48.